The molecule has 1 saturated carbocycles. The van der Waals surface area contributed by atoms with Crippen molar-refractivity contribution in [3.8, 4) is 11.1 Å². The summed E-state index contributed by atoms with van der Waals surface area (Å²) >= 11 is 0. The zero-order valence-electron chi connectivity index (χ0n) is 22.3. The molecule has 194 valence electrons. The van der Waals surface area contributed by atoms with Gasteiger partial charge in [0.2, 0.25) is 5.91 Å². The number of rotatable bonds is 5. The first-order valence-electron chi connectivity index (χ1n) is 13.8. The molecule has 2 aliphatic heterocycles. The Kier molecular flexibility index (Phi) is 6.09. The SMILES string of the molecule is COC(=O)N[C@H](C(=O)N1CCC[C@H]1C1=Nc2ccc(-c3ccc(C)c4c3CC3CCC43)cc2C1)C(C)C. The zero-order chi connectivity index (χ0) is 25.8. The molecule has 0 bridgehead atoms. The van der Waals surface area contributed by atoms with Crippen LogP contribution in [-0.2, 0) is 22.4 Å². The van der Waals surface area contributed by atoms with Crippen LogP contribution in [0.3, 0.4) is 0 Å². The summed E-state index contributed by atoms with van der Waals surface area (Å²) in [5, 5.41) is 2.74. The summed E-state index contributed by atoms with van der Waals surface area (Å²) < 4.78 is 4.77. The van der Waals surface area contributed by atoms with E-state index in [-0.39, 0.29) is 17.9 Å². The smallest absolute Gasteiger partial charge is 0.407 e. The Balaban J connectivity index is 1.23. The molecule has 4 aliphatic rings. The first kappa shape index (κ1) is 24.2. The number of aryl methyl sites for hydroxylation is 1. The highest BCUT2D eigenvalue weighted by Crippen LogP contribution is 2.54. The maximum atomic E-state index is 13.5. The van der Waals surface area contributed by atoms with Crippen molar-refractivity contribution in [1.29, 1.82) is 0 Å². The molecule has 6 nitrogen and oxygen atoms in total. The molecule has 0 spiro atoms. The van der Waals surface area contributed by atoms with E-state index >= 15 is 0 Å². The third-order valence-electron chi connectivity index (χ3n) is 9.17. The number of carbonyl (C=O) groups excluding carboxylic acids is 2. The molecule has 0 aromatic heterocycles. The molecule has 2 aromatic carbocycles. The number of hydrogen-bond donors (Lipinski definition) is 1. The number of benzene rings is 2. The van der Waals surface area contributed by atoms with Gasteiger partial charge in [-0.15, -0.1) is 0 Å². The monoisotopic (exact) mass is 499 g/mol. The quantitative estimate of drug-likeness (QED) is 0.573. The molecule has 2 heterocycles. The van der Waals surface area contributed by atoms with Gasteiger partial charge in [-0.05, 0) is 102 Å². The molecule has 1 saturated heterocycles. The van der Waals surface area contributed by atoms with E-state index in [0.717, 1.165) is 42.5 Å². The van der Waals surface area contributed by atoms with Crippen molar-refractivity contribution in [2.45, 2.75) is 77.3 Å². The summed E-state index contributed by atoms with van der Waals surface area (Å²) in [7, 11) is 1.32. The van der Waals surface area contributed by atoms with Crippen LogP contribution in [0.2, 0.25) is 0 Å². The number of ether oxygens (including phenoxy) is 1. The molecule has 6 rings (SSSR count). The lowest BCUT2D eigenvalue weighted by Gasteiger charge is -2.31. The van der Waals surface area contributed by atoms with Crippen LogP contribution in [-0.4, -0.2) is 48.4 Å². The summed E-state index contributed by atoms with van der Waals surface area (Å²) in [6.07, 6.45) is 5.96. The molecule has 1 N–H and O–H groups in total. The normalized spacial score (nSPS) is 24.2. The lowest BCUT2D eigenvalue weighted by atomic mass is 9.73. The van der Waals surface area contributed by atoms with Crippen LogP contribution in [0.1, 0.15) is 67.7 Å². The number of methoxy groups -OCH3 is 1. The molecule has 2 aliphatic carbocycles. The average molecular weight is 500 g/mol. The number of fused-ring (bicyclic) bond motifs is 4. The molecule has 2 fully saturated rings. The van der Waals surface area contributed by atoms with E-state index in [1.165, 1.54) is 48.6 Å². The summed E-state index contributed by atoms with van der Waals surface area (Å²) in [6.45, 7) is 6.85. The number of nitrogens with zero attached hydrogens (tertiary/aromatic N) is 2. The van der Waals surface area contributed by atoms with Crippen LogP contribution in [0, 0.1) is 18.8 Å². The summed E-state index contributed by atoms with van der Waals surface area (Å²) in [6, 6.07) is 10.7. The fourth-order valence-corrected chi connectivity index (χ4v) is 7.08. The number of amides is 2. The van der Waals surface area contributed by atoms with Gasteiger partial charge >= 0.3 is 6.09 Å². The standard InChI is InChI=1S/C31H37N3O3/c1-17(2)29(33-31(36)37-4)30(35)34-13-5-6-27(34)26-16-21-14-19(9-12-25(21)32-26)22-10-7-18(3)28-23-11-8-20(23)15-24(22)28/h7,9-10,12,14,17,20,23,27,29H,5-6,8,11,13,15-16H2,1-4H3,(H,33,36)/t20?,23?,27-,29-/m0/s1. The molecule has 2 aromatic rings. The van der Waals surface area contributed by atoms with Crippen LogP contribution >= 0.6 is 0 Å². The van der Waals surface area contributed by atoms with Gasteiger partial charge in [-0.1, -0.05) is 32.0 Å². The van der Waals surface area contributed by atoms with Gasteiger partial charge in [0.15, 0.2) is 0 Å². The Morgan fingerprint density at radius 2 is 1.97 bits per heavy atom. The van der Waals surface area contributed by atoms with E-state index in [9.17, 15) is 9.59 Å². The van der Waals surface area contributed by atoms with Crippen LogP contribution in [0.4, 0.5) is 10.5 Å². The Bertz CT molecular complexity index is 1300. The minimum atomic E-state index is -0.608. The molecule has 0 radical (unpaired) electrons. The molecule has 4 atom stereocenters. The highest BCUT2D eigenvalue weighted by Gasteiger charge is 2.41. The number of hydrogen-bond acceptors (Lipinski definition) is 4. The highest BCUT2D eigenvalue weighted by atomic mass is 16.5. The van der Waals surface area contributed by atoms with Gasteiger partial charge in [0, 0.05) is 18.7 Å². The van der Waals surface area contributed by atoms with Gasteiger partial charge in [-0.3, -0.25) is 9.79 Å². The van der Waals surface area contributed by atoms with Crippen molar-refractivity contribution < 1.29 is 14.3 Å². The van der Waals surface area contributed by atoms with Crippen LogP contribution in [0.15, 0.2) is 35.3 Å². The molecule has 37 heavy (non-hydrogen) atoms. The van der Waals surface area contributed by atoms with E-state index in [2.05, 4.69) is 42.6 Å². The first-order chi connectivity index (χ1) is 17.9. The number of likely N-dealkylation sites (tertiary alicyclic amines) is 1. The predicted molar refractivity (Wildman–Crippen MR) is 145 cm³/mol. The minimum Gasteiger partial charge on any atom is -0.453 e. The Morgan fingerprint density at radius 3 is 2.70 bits per heavy atom. The summed E-state index contributed by atoms with van der Waals surface area (Å²) in [5.74, 6) is 1.53. The molecule has 2 amide bonds. The second-order valence-corrected chi connectivity index (χ2v) is 11.6. The fourth-order valence-electron chi connectivity index (χ4n) is 7.08. The van der Waals surface area contributed by atoms with Gasteiger partial charge in [-0.2, -0.15) is 0 Å². The van der Waals surface area contributed by atoms with Crippen molar-refractivity contribution in [2.24, 2.45) is 16.8 Å². The second kappa shape index (κ2) is 9.30. The van der Waals surface area contributed by atoms with Crippen molar-refractivity contribution in [3.63, 3.8) is 0 Å². The van der Waals surface area contributed by atoms with Crippen molar-refractivity contribution in [1.82, 2.24) is 10.2 Å². The van der Waals surface area contributed by atoms with E-state index < -0.39 is 12.1 Å². The van der Waals surface area contributed by atoms with Crippen LogP contribution < -0.4 is 5.32 Å². The van der Waals surface area contributed by atoms with Crippen LogP contribution in [0.25, 0.3) is 11.1 Å². The topological polar surface area (TPSA) is 71.0 Å². The largest absolute Gasteiger partial charge is 0.453 e. The lowest BCUT2D eigenvalue weighted by molar-refractivity contribution is -0.134. The van der Waals surface area contributed by atoms with Crippen molar-refractivity contribution in [3.05, 3.63) is 52.6 Å². The Hall–Kier alpha value is -3.15. The summed E-state index contributed by atoms with van der Waals surface area (Å²) in [5.41, 5.74) is 10.6. The zero-order valence-corrected chi connectivity index (χ0v) is 22.3. The maximum absolute atomic E-state index is 13.5. The minimum absolute atomic E-state index is 0.0247. The van der Waals surface area contributed by atoms with Crippen molar-refractivity contribution in [2.75, 3.05) is 13.7 Å². The molecule has 2 unspecified atom stereocenters. The van der Waals surface area contributed by atoms with Gasteiger partial charge < -0.3 is 15.0 Å². The number of nitrogens with one attached hydrogen (secondary N) is 1. The fraction of sp³-hybridized carbons (Fsp3) is 0.516. The van der Waals surface area contributed by atoms with E-state index in [4.69, 9.17) is 9.73 Å². The van der Waals surface area contributed by atoms with E-state index in [1.807, 2.05) is 18.7 Å². The number of alkyl carbamates (subject to hydrolysis) is 1. The summed E-state index contributed by atoms with van der Waals surface area (Å²) in [4.78, 5) is 32.3. The maximum Gasteiger partial charge on any atom is 0.407 e. The van der Waals surface area contributed by atoms with Gasteiger partial charge in [-0.25, -0.2) is 4.79 Å². The van der Waals surface area contributed by atoms with Gasteiger partial charge in [0.25, 0.3) is 0 Å². The third-order valence-corrected chi connectivity index (χ3v) is 9.17. The van der Waals surface area contributed by atoms with Crippen molar-refractivity contribution >= 4 is 23.4 Å². The van der Waals surface area contributed by atoms with Crippen LogP contribution in [0.5, 0.6) is 0 Å². The number of carbonyl (C=O) groups is 2. The Morgan fingerprint density at radius 1 is 1.14 bits per heavy atom. The van der Waals surface area contributed by atoms with Gasteiger partial charge in [0.1, 0.15) is 6.04 Å². The molecule has 6 heteroatoms. The predicted octanol–water partition coefficient (Wildman–Crippen LogP) is 5.71. The first-order valence-corrected chi connectivity index (χ1v) is 13.8. The highest BCUT2D eigenvalue weighted by molar-refractivity contribution is 6.01. The third kappa shape index (κ3) is 4.05. The molecular weight excluding hydrogens is 462 g/mol. The average Bonchev–Trinajstić information content (AvgIpc) is 3.58. The Labute approximate surface area is 219 Å². The van der Waals surface area contributed by atoms with E-state index in [0.29, 0.717) is 6.54 Å². The second-order valence-electron chi connectivity index (χ2n) is 11.6. The van der Waals surface area contributed by atoms with E-state index in [1.54, 1.807) is 11.1 Å². The van der Waals surface area contributed by atoms with Gasteiger partial charge in [0.05, 0.1) is 18.8 Å². The molecular formula is C31H37N3O3. The number of aliphatic imine (C=N–C) groups is 1. The lowest BCUT2D eigenvalue weighted by Crippen LogP contribution is -2.53.